The summed E-state index contributed by atoms with van der Waals surface area (Å²) in [5.74, 6) is -0.0414. The Morgan fingerprint density at radius 1 is 1.47 bits per heavy atom. The summed E-state index contributed by atoms with van der Waals surface area (Å²) in [6, 6.07) is 7.80. The van der Waals surface area contributed by atoms with Gasteiger partial charge in [0, 0.05) is 12.6 Å². The summed E-state index contributed by atoms with van der Waals surface area (Å²) >= 11 is 0. The molecule has 1 saturated carbocycles. The first-order valence-corrected chi connectivity index (χ1v) is 6.27. The van der Waals surface area contributed by atoms with Crippen LogP contribution < -0.4 is 5.32 Å². The summed E-state index contributed by atoms with van der Waals surface area (Å²) in [4.78, 5) is 11.0. The zero-order chi connectivity index (χ0) is 12.3. The average molecular weight is 233 g/mol. The van der Waals surface area contributed by atoms with Gasteiger partial charge in [0.25, 0.3) is 0 Å². The molecule has 0 amide bonds. The fourth-order valence-electron chi connectivity index (χ4n) is 2.31. The van der Waals surface area contributed by atoms with Gasteiger partial charge >= 0.3 is 5.97 Å². The predicted molar refractivity (Wildman–Crippen MR) is 67.0 cm³/mol. The van der Waals surface area contributed by atoms with E-state index in [0.29, 0.717) is 18.2 Å². The van der Waals surface area contributed by atoms with Gasteiger partial charge in [-0.15, -0.1) is 0 Å². The van der Waals surface area contributed by atoms with Crippen molar-refractivity contribution in [3.63, 3.8) is 0 Å². The Hall–Kier alpha value is -1.35. The minimum atomic E-state index is -0.844. The lowest BCUT2D eigenvalue weighted by Gasteiger charge is -2.07. The van der Waals surface area contributed by atoms with Crippen molar-refractivity contribution < 1.29 is 9.90 Å². The van der Waals surface area contributed by atoms with Crippen molar-refractivity contribution in [1.29, 1.82) is 0 Å². The molecule has 1 aliphatic carbocycles. The summed E-state index contributed by atoms with van der Waals surface area (Å²) in [7, 11) is 0. The SMILES string of the molecule is CCCC1CC1NCc1ccccc1C(=O)O. The Morgan fingerprint density at radius 3 is 2.94 bits per heavy atom. The largest absolute Gasteiger partial charge is 0.478 e. The van der Waals surface area contributed by atoms with E-state index in [9.17, 15) is 4.79 Å². The maximum Gasteiger partial charge on any atom is 0.336 e. The first-order chi connectivity index (χ1) is 8.22. The second kappa shape index (κ2) is 5.32. The fourth-order valence-corrected chi connectivity index (χ4v) is 2.31. The van der Waals surface area contributed by atoms with Gasteiger partial charge in [0.05, 0.1) is 5.56 Å². The van der Waals surface area contributed by atoms with Crippen LogP contribution >= 0.6 is 0 Å². The zero-order valence-electron chi connectivity index (χ0n) is 10.1. The number of aromatic carboxylic acids is 1. The number of hydrogen-bond acceptors (Lipinski definition) is 2. The van der Waals surface area contributed by atoms with Crippen LogP contribution in [0, 0.1) is 5.92 Å². The molecule has 2 atom stereocenters. The van der Waals surface area contributed by atoms with Crippen LogP contribution in [-0.2, 0) is 6.54 Å². The van der Waals surface area contributed by atoms with Gasteiger partial charge in [0.1, 0.15) is 0 Å². The third-order valence-corrected chi connectivity index (χ3v) is 3.38. The molecule has 0 radical (unpaired) electrons. The lowest BCUT2D eigenvalue weighted by molar-refractivity contribution is 0.0695. The molecule has 2 unspecified atom stereocenters. The van der Waals surface area contributed by atoms with Gasteiger partial charge in [0.2, 0.25) is 0 Å². The second-order valence-electron chi connectivity index (χ2n) is 4.73. The molecule has 2 N–H and O–H groups in total. The Morgan fingerprint density at radius 2 is 2.24 bits per heavy atom. The third kappa shape index (κ3) is 3.07. The summed E-state index contributed by atoms with van der Waals surface area (Å²) in [6.45, 7) is 2.86. The van der Waals surface area contributed by atoms with E-state index < -0.39 is 5.97 Å². The minimum Gasteiger partial charge on any atom is -0.478 e. The van der Waals surface area contributed by atoms with Crippen molar-refractivity contribution in [1.82, 2.24) is 5.32 Å². The Kier molecular flexibility index (Phi) is 3.79. The molecule has 2 rings (SSSR count). The van der Waals surface area contributed by atoms with Crippen molar-refractivity contribution in [2.45, 2.75) is 38.8 Å². The molecule has 0 saturated heterocycles. The van der Waals surface area contributed by atoms with Gasteiger partial charge in [-0.25, -0.2) is 4.79 Å². The summed E-state index contributed by atoms with van der Waals surface area (Å²) < 4.78 is 0. The van der Waals surface area contributed by atoms with Gasteiger partial charge in [-0.2, -0.15) is 0 Å². The summed E-state index contributed by atoms with van der Waals surface area (Å²) in [5.41, 5.74) is 1.29. The maximum absolute atomic E-state index is 11.0. The van der Waals surface area contributed by atoms with Crippen LogP contribution in [0.1, 0.15) is 42.1 Å². The first-order valence-electron chi connectivity index (χ1n) is 6.27. The van der Waals surface area contributed by atoms with Gasteiger partial charge in [-0.3, -0.25) is 0 Å². The van der Waals surface area contributed by atoms with Crippen LogP contribution in [0.4, 0.5) is 0 Å². The molecule has 1 aromatic rings. The highest BCUT2D eigenvalue weighted by Crippen LogP contribution is 2.34. The molecule has 0 bridgehead atoms. The second-order valence-corrected chi connectivity index (χ2v) is 4.73. The lowest BCUT2D eigenvalue weighted by atomic mass is 10.1. The molecule has 1 aromatic carbocycles. The molecule has 0 aromatic heterocycles. The molecule has 3 heteroatoms. The van der Waals surface area contributed by atoms with E-state index in [2.05, 4.69) is 12.2 Å². The van der Waals surface area contributed by atoms with Gasteiger partial charge < -0.3 is 10.4 Å². The zero-order valence-corrected chi connectivity index (χ0v) is 10.1. The number of carboxylic acid groups (broad SMARTS) is 1. The Bertz CT molecular complexity index is 403. The Balaban J connectivity index is 1.89. The maximum atomic E-state index is 11.0. The molecule has 3 nitrogen and oxygen atoms in total. The molecule has 0 spiro atoms. The molecular weight excluding hydrogens is 214 g/mol. The number of nitrogens with one attached hydrogen (secondary N) is 1. The van der Waals surface area contributed by atoms with Crippen LogP contribution in [0.15, 0.2) is 24.3 Å². The van der Waals surface area contributed by atoms with E-state index in [4.69, 9.17) is 5.11 Å². The van der Waals surface area contributed by atoms with Crippen LogP contribution in [0.2, 0.25) is 0 Å². The van der Waals surface area contributed by atoms with Crippen molar-refractivity contribution in [3.05, 3.63) is 35.4 Å². The standard InChI is InChI=1S/C14H19NO2/c1-2-5-10-8-13(10)15-9-11-6-3-4-7-12(11)14(16)17/h3-4,6-7,10,13,15H,2,5,8-9H2,1H3,(H,16,17). The predicted octanol–water partition coefficient (Wildman–Crippen LogP) is 2.66. The summed E-state index contributed by atoms with van der Waals surface area (Å²) in [6.07, 6.45) is 3.75. The molecule has 1 aliphatic rings. The number of carbonyl (C=O) groups is 1. The van der Waals surface area contributed by atoms with Gasteiger partial charge in [-0.1, -0.05) is 31.5 Å². The van der Waals surface area contributed by atoms with Crippen molar-refractivity contribution in [2.24, 2.45) is 5.92 Å². The first kappa shape index (κ1) is 12.1. The van der Waals surface area contributed by atoms with E-state index in [-0.39, 0.29) is 0 Å². The monoisotopic (exact) mass is 233 g/mol. The Labute approximate surface area is 102 Å². The molecule has 92 valence electrons. The number of rotatable bonds is 6. The van der Waals surface area contributed by atoms with E-state index in [1.165, 1.54) is 19.3 Å². The number of benzene rings is 1. The highest BCUT2D eigenvalue weighted by Gasteiger charge is 2.35. The molecule has 1 fully saturated rings. The van der Waals surface area contributed by atoms with Crippen LogP contribution in [0.25, 0.3) is 0 Å². The molecule has 17 heavy (non-hydrogen) atoms. The fraction of sp³-hybridized carbons (Fsp3) is 0.500. The van der Waals surface area contributed by atoms with Gasteiger partial charge in [0.15, 0.2) is 0 Å². The topological polar surface area (TPSA) is 49.3 Å². The molecular formula is C14H19NO2. The quantitative estimate of drug-likeness (QED) is 0.794. The van der Waals surface area contributed by atoms with Crippen LogP contribution in [0.5, 0.6) is 0 Å². The number of hydrogen-bond donors (Lipinski definition) is 2. The van der Waals surface area contributed by atoms with Crippen LogP contribution in [0.3, 0.4) is 0 Å². The molecule has 0 heterocycles. The molecule has 0 aliphatic heterocycles. The van der Waals surface area contributed by atoms with E-state index in [1.54, 1.807) is 12.1 Å². The van der Waals surface area contributed by atoms with Crippen molar-refractivity contribution >= 4 is 5.97 Å². The average Bonchev–Trinajstić information content (AvgIpc) is 3.06. The lowest BCUT2D eigenvalue weighted by Crippen LogP contribution is -2.19. The normalized spacial score (nSPS) is 22.4. The highest BCUT2D eigenvalue weighted by atomic mass is 16.4. The van der Waals surface area contributed by atoms with E-state index >= 15 is 0 Å². The van der Waals surface area contributed by atoms with Crippen LogP contribution in [-0.4, -0.2) is 17.1 Å². The minimum absolute atomic E-state index is 0.410. The number of carboxylic acids is 1. The third-order valence-electron chi connectivity index (χ3n) is 3.38. The van der Waals surface area contributed by atoms with Crippen molar-refractivity contribution in [3.8, 4) is 0 Å². The smallest absolute Gasteiger partial charge is 0.336 e. The van der Waals surface area contributed by atoms with E-state index in [0.717, 1.165) is 11.5 Å². The summed E-state index contributed by atoms with van der Waals surface area (Å²) in [5, 5.41) is 12.5. The van der Waals surface area contributed by atoms with Crippen molar-refractivity contribution in [2.75, 3.05) is 0 Å². The van der Waals surface area contributed by atoms with Gasteiger partial charge in [-0.05, 0) is 30.4 Å². The highest BCUT2D eigenvalue weighted by molar-refractivity contribution is 5.89. The van der Waals surface area contributed by atoms with E-state index in [1.807, 2.05) is 12.1 Å².